The molecule has 0 bridgehead atoms. The van der Waals surface area contributed by atoms with Crippen molar-refractivity contribution in [2.24, 2.45) is 0 Å². The summed E-state index contributed by atoms with van der Waals surface area (Å²) in [6.45, 7) is 1.10. The molecule has 1 aromatic heterocycles. The number of carbonyl (C=O) groups excluding carboxylic acids is 3. The highest BCUT2D eigenvalue weighted by molar-refractivity contribution is 8.00. The second-order valence-corrected chi connectivity index (χ2v) is 9.54. The zero-order chi connectivity index (χ0) is 23.0. The molecule has 3 heterocycles. The van der Waals surface area contributed by atoms with E-state index in [2.05, 4.69) is 10.3 Å². The van der Waals surface area contributed by atoms with Crippen molar-refractivity contribution in [3.63, 3.8) is 0 Å². The summed E-state index contributed by atoms with van der Waals surface area (Å²) < 4.78 is 18.6. The molecule has 2 saturated heterocycles. The third-order valence-electron chi connectivity index (χ3n) is 5.40. The van der Waals surface area contributed by atoms with Gasteiger partial charge in [0.05, 0.1) is 15.7 Å². The molecule has 4 rings (SSSR count). The number of amides is 2. The summed E-state index contributed by atoms with van der Waals surface area (Å²) in [4.78, 5) is 42.5. The number of nitrogens with zero attached hydrogens (tertiary/aromatic N) is 2. The van der Waals surface area contributed by atoms with Gasteiger partial charge in [0.15, 0.2) is 12.4 Å². The highest BCUT2D eigenvalue weighted by Gasteiger charge is 2.57. The number of esters is 1. The third-order valence-corrected chi connectivity index (χ3v) is 7.67. The molecule has 0 spiro atoms. The SMILES string of the molecule is Cc1nc(NC(=O)COC(=O)[C@H]2CS[C@@]3(c4ccc(F)cc4)CCC(=O)N23)c(Cl)cc1Cl. The van der Waals surface area contributed by atoms with E-state index in [-0.39, 0.29) is 29.0 Å². The Bertz CT molecular complexity index is 1100. The van der Waals surface area contributed by atoms with E-state index in [1.54, 1.807) is 19.1 Å². The highest BCUT2D eigenvalue weighted by atomic mass is 35.5. The summed E-state index contributed by atoms with van der Waals surface area (Å²) in [6, 6.07) is 6.53. The summed E-state index contributed by atoms with van der Waals surface area (Å²) in [5, 5.41) is 2.99. The standard InChI is InChI=1S/C21H18Cl2FN3O4S/c1-11-14(22)8-15(23)19(25-11)26-17(28)9-31-20(30)16-10-32-21(7-6-18(29)27(16)21)12-2-4-13(24)5-3-12/h2-5,8,16H,6-7,9-10H2,1H3,(H,25,26,28)/t16-,21-/m1/s1. The monoisotopic (exact) mass is 497 g/mol. The number of carbonyl (C=O) groups is 3. The minimum Gasteiger partial charge on any atom is -0.454 e. The van der Waals surface area contributed by atoms with Gasteiger partial charge in [0.1, 0.15) is 16.7 Å². The van der Waals surface area contributed by atoms with Gasteiger partial charge in [-0.15, -0.1) is 11.8 Å². The van der Waals surface area contributed by atoms with Crippen LogP contribution in [0.15, 0.2) is 30.3 Å². The first-order valence-electron chi connectivity index (χ1n) is 9.72. The molecule has 2 fully saturated rings. The average Bonchev–Trinajstić information content (AvgIpc) is 3.30. The summed E-state index contributed by atoms with van der Waals surface area (Å²) in [7, 11) is 0. The molecular weight excluding hydrogens is 480 g/mol. The van der Waals surface area contributed by atoms with Crippen LogP contribution in [0.2, 0.25) is 10.0 Å². The molecule has 2 aromatic rings. The van der Waals surface area contributed by atoms with E-state index >= 15 is 0 Å². The topological polar surface area (TPSA) is 88.6 Å². The molecular formula is C21H18Cl2FN3O4S. The lowest BCUT2D eigenvalue weighted by Crippen LogP contribution is -2.47. The van der Waals surface area contributed by atoms with Crippen LogP contribution in [-0.4, -0.2) is 46.1 Å². The maximum absolute atomic E-state index is 13.4. The van der Waals surface area contributed by atoms with E-state index in [4.69, 9.17) is 27.9 Å². The van der Waals surface area contributed by atoms with E-state index in [0.29, 0.717) is 22.9 Å². The number of halogens is 3. The Labute approximate surface area is 197 Å². The van der Waals surface area contributed by atoms with Crippen LogP contribution in [0.4, 0.5) is 10.2 Å². The summed E-state index contributed by atoms with van der Waals surface area (Å²) in [6.07, 6.45) is 0.779. The number of anilines is 1. The van der Waals surface area contributed by atoms with Crippen molar-refractivity contribution in [1.82, 2.24) is 9.88 Å². The summed E-state index contributed by atoms with van der Waals surface area (Å²) in [5.41, 5.74) is 1.23. The molecule has 1 N–H and O–H groups in total. The van der Waals surface area contributed by atoms with Crippen LogP contribution in [0, 0.1) is 12.7 Å². The largest absolute Gasteiger partial charge is 0.454 e. The van der Waals surface area contributed by atoms with Gasteiger partial charge in [-0.05, 0) is 37.1 Å². The Hall–Kier alpha value is -2.36. The van der Waals surface area contributed by atoms with Crippen LogP contribution in [0.1, 0.15) is 24.1 Å². The number of aryl methyl sites for hydroxylation is 1. The Morgan fingerprint density at radius 3 is 2.75 bits per heavy atom. The second kappa shape index (κ2) is 8.88. The molecule has 2 atom stereocenters. The van der Waals surface area contributed by atoms with E-state index in [0.717, 1.165) is 5.56 Å². The van der Waals surface area contributed by atoms with Crippen molar-refractivity contribution in [1.29, 1.82) is 0 Å². The molecule has 32 heavy (non-hydrogen) atoms. The zero-order valence-electron chi connectivity index (χ0n) is 16.9. The number of fused-ring (bicyclic) bond motifs is 1. The van der Waals surface area contributed by atoms with E-state index in [1.165, 1.54) is 34.9 Å². The first-order valence-corrected chi connectivity index (χ1v) is 11.5. The predicted octanol–water partition coefficient (Wildman–Crippen LogP) is 3.91. The van der Waals surface area contributed by atoms with Gasteiger partial charge in [-0.1, -0.05) is 35.3 Å². The van der Waals surface area contributed by atoms with Gasteiger partial charge in [-0.25, -0.2) is 14.2 Å². The van der Waals surface area contributed by atoms with Crippen LogP contribution >= 0.6 is 35.0 Å². The van der Waals surface area contributed by atoms with Crippen LogP contribution < -0.4 is 5.32 Å². The van der Waals surface area contributed by atoms with Gasteiger partial charge in [-0.2, -0.15) is 0 Å². The van der Waals surface area contributed by atoms with E-state index < -0.39 is 29.4 Å². The molecule has 0 saturated carbocycles. The maximum Gasteiger partial charge on any atom is 0.330 e. The summed E-state index contributed by atoms with van der Waals surface area (Å²) >= 11 is 13.4. The van der Waals surface area contributed by atoms with Crippen molar-refractivity contribution in [2.75, 3.05) is 17.7 Å². The van der Waals surface area contributed by atoms with Crippen LogP contribution in [0.5, 0.6) is 0 Å². The number of aromatic nitrogens is 1. The Balaban J connectivity index is 1.43. The molecule has 2 aliphatic heterocycles. The second-order valence-electron chi connectivity index (χ2n) is 7.42. The van der Waals surface area contributed by atoms with Gasteiger partial charge in [0.2, 0.25) is 5.91 Å². The van der Waals surface area contributed by atoms with Gasteiger partial charge < -0.3 is 15.0 Å². The number of rotatable bonds is 5. The van der Waals surface area contributed by atoms with Crippen LogP contribution in [-0.2, 0) is 24.0 Å². The average molecular weight is 498 g/mol. The van der Waals surface area contributed by atoms with Crippen molar-refractivity contribution in [3.05, 3.63) is 57.5 Å². The van der Waals surface area contributed by atoms with Gasteiger partial charge in [0.25, 0.3) is 5.91 Å². The Morgan fingerprint density at radius 2 is 2.03 bits per heavy atom. The number of hydrogen-bond acceptors (Lipinski definition) is 6. The molecule has 2 amide bonds. The number of hydrogen-bond donors (Lipinski definition) is 1. The fourth-order valence-electron chi connectivity index (χ4n) is 3.88. The lowest BCUT2D eigenvalue weighted by molar-refractivity contribution is -0.155. The normalized spacial score (nSPS) is 22.1. The van der Waals surface area contributed by atoms with Gasteiger partial charge >= 0.3 is 5.97 Å². The minimum absolute atomic E-state index is 0.107. The highest BCUT2D eigenvalue weighted by Crippen LogP contribution is 2.54. The number of nitrogens with one attached hydrogen (secondary N) is 1. The third kappa shape index (κ3) is 4.16. The number of thioether (sulfide) groups is 1. The van der Waals surface area contributed by atoms with Crippen molar-refractivity contribution < 1.29 is 23.5 Å². The van der Waals surface area contributed by atoms with Gasteiger partial charge in [-0.3, -0.25) is 9.59 Å². The lowest BCUT2D eigenvalue weighted by Gasteiger charge is -2.33. The molecule has 11 heteroatoms. The smallest absolute Gasteiger partial charge is 0.330 e. The maximum atomic E-state index is 13.4. The Kier molecular flexibility index (Phi) is 6.33. The van der Waals surface area contributed by atoms with E-state index in [1.807, 2.05) is 0 Å². The van der Waals surface area contributed by atoms with Crippen LogP contribution in [0.25, 0.3) is 0 Å². The summed E-state index contributed by atoms with van der Waals surface area (Å²) in [5.74, 6) is -1.45. The van der Waals surface area contributed by atoms with E-state index in [9.17, 15) is 18.8 Å². The molecule has 0 unspecified atom stereocenters. The minimum atomic E-state index is -0.840. The fraction of sp³-hybridized carbons (Fsp3) is 0.333. The fourth-order valence-corrected chi connectivity index (χ4v) is 5.92. The zero-order valence-corrected chi connectivity index (χ0v) is 19.2. The molecule has 7 nitrogen and oxygen atoms in total. The first kappa shape index (κ1) is 22.8. The first-order chi connectivity index (χ1) is 15.2. The lowest BCUT2D eigenvalue weighted by atomic mass is 10.0. The van der Waals surface area contributed by atoms with Gasteiger partial charge in [0, 0.05) is 12.2 Å². The quantitative estimate of drug-likeness (QED) is 0.630. The van der Waals surface area contributed by atoms with Crippen molar-refractivity contribution in [2.45, 2.75) is 30.7 Å². The predicted molar refractivity (Wildman–Crippen MR) is 119 cm³/mol. The van der Waals surface area contributed by atoms with Crippen LogP contribution in [0.3, 0.4) is 0 Å². The number of ether oxygens (including phenoxy) is 1. The molecule has 2 aliphatic rings. The molecule has 1 aromatic carbocycles. The number of pyridine rings is 1. The van der Waals surface area contributed by atoms with Crippen molar-refractivity contribution >= 4 is 58.6 Å². The molecule has 0 aliphatic carbocycles. The number of benzene rings is 1. The Morgan fingerprint density at radius 1 is 1.31 bits per heavy atom. The molecule has 0 radical (unpaired) electrons. The molecule has 168 valence electrons. The van der Waals surface area contributed by atoms with Crippen molar-refractivity contribution in [3.8, 4) is 0 Å².